The molecule has 0 heterocycles. The van der Waals surface area contributed by atoms with Gasteiger partial charge in [-0.2, -0.15) is 0 Å². The van der Waals surface area contributed by atoms with Crippen LogP contribution in [0.4, 0.5) is 0 Å². The highest BCUT2D eigenvalue weighted by molar-refractivity contribution is 6.51. The number of hydrogen-bond donors (Lipinski definition) is 1. The first-order chi connectivity index (χ1) is 3.60. The summed E-state index contributed by atoms with van der Waals surface area (Å²) in [5.41, 5.74) is 0. The Balaban J connectivity index is 2.45. The van der Waals surface area contributed by atoms with Crippen LogP contribution in [0.2, 0.25) is 0 Å². The van der Waals surface area contributed by atoms with Gasteiger partial charge < -0.3 is 5.11 Å². The Labute approximate surface area is 58.6 Å². The summed E-state index contributed by atoms with van der Waals surface area (Å²) in [6.07, 6.45) is 0. The first-order valence-corrected chi connectivity index (χ1v) is 3.35. The van der Waals surface area contributed by atoms with Crippen LogP contribution in [0.15, 0.2) is 0 Å². The van der Waals surface area contributed by atoms with E-state index in [1.165, 1.54) is 0 Å². The third-order valence-corrected chi connectivity index (χ3v) is 3.04. The van der Waals surface area contributed by atoms with Crippen LogP contribution in [0.1, 0.15) is 6.92 Å². The molecule has 0 bridgehead atoms. The largest absolute Gasteiger partial charge is 0.396 e. The second-order valence-electron chi connectivity index (χ2n) is 2.25. The van der Waals surface area contributed by atoms with E-state index in [-0.39, 0.29) is 18.4 Å². The number of halogens is 2. The van der Waals surface area contributed by atoms with Crippen molar-refractivity contribution < 1.29 is 5.11 Å². The standard InChI is InChI=1S/C5H8Cl2O/c1-3-4(2-8)5(3,6)7/h3-4,8H,2H2,1H3. The normalized spacial score (nSPS) is 42.0. The summed E-state index contributed by atoms with van der Waals surface area (Å²) >= 11 is 11.3. The summed E-state index contributed by atoms with van der Waals surface area (Å²) in [6.45, 7) is 2.04. The van der Waals surface area contributed by atoms with E-state index in [1.54, 1.807) is 0 Å². The molecule has 1 fully saturated rings. The Morgan fingerprint density at radius 2 is 2.00 bits per heavy atom. The Kier molecular flexibility index (Phi) is 1.46. The predicted octanol–water partition coefficient (Wildman–Crippen LogP) is 1.42. The topological polar surface area (TPSA) is 20.2 Å². The minimum atomic E-state index is -0.630. The van der Waals surface area contributed by atoms with Crippen molar-refractivity contribution in [2.45, 2.75) is 11.3 Å². The lowest BCUT2D eigenvalue weighted by Crippen LogP contribution is -1.93. The number of alkyl halides is 2. The average molecular weight is 155 g/mol. The highest BCUT2D eigenvalue weighted by atomic mass is 35.5. The molecule has 1 rings (SSSR count). The van der Waals surface area contributed by atoms with Gasteiger partial charge in [-0.1, -0.05) is 6.92 Å². The zero-order valence-electron chi connectivity index (χ0n) is 4.56. The fourth-order valence-corrected chi connectivity index (χ4v) is 1.53. The molecular weight excluding hydrogens is 147 g/mol. The fourth-order valence-electron chi connectivity index (χ4n) is 0.840. The van der Waals surface area contributed by atoms with Gasteiger partial charge in [0, 0.05) is 12.5 Å². The second-order valence-corrected chi connectivity index (χ2v) is 3.70. The molecule has 0 amide bonds. The van der Waals surface area contributed by atoms with Crippen molar-refractivity contribution in [3.8, 4) is 0 Å². The summed E-state index contributed by atoms with van der Waals surface area (Å²) in [5.74, 6) is 0.363. The van der Waals surface area contributed by atoms with Crippen molar-refractivity contribution in [1.82, 2.24) is 0 Å². The summed E-state index contributed by atoms with van der Waals surface area (Å²) in [7, 11) is 0. The van der Waals surface area contributed by atoms with Crippen LogP contribution >= 0.6 is 23.2 Å². The molecule has 2 unspecified atom stereocenters. The lowest BCUT2D eigenvalue weighted by Gasteiger charge is -1.90. The molecule has 2 atom stereocenters. The van der Waals surface area contributed by atoms with Gasteiger partial charge in [0.15, 0.2) is 0 Å². The first kappa shape index (κ1) is 6.66. The summed E-state index contributed by atoms with van der Waals surface area (Å²) in [6, 6.07) is 0. The van der Waals surface area contributed by atoms with Crippen LogP contribution in [-0.2, 0) is 0 Å². The predicted molar refractivity (Wildman–Crippen MR) is 34.2 cm³/mol. The van der Waals surface area contributed by atoms with Gasteiger partial charge in [0.25, 0.3) is 0 Å². The Morgan fingerprint density at radius 1 is 1.62 bits per heavy atom. The van der Waals surface area contributed by atoms with Crippen LogP contribution in [0.5, 0.6) is 0 Å². The third kappa shape index (κ3) is 0.734. The zero-order chi connectivity index (χ0) is 6.36. The van der Waals surface area contributed by atoms with Gasteiger partial charge in [-0.3, -0.25) is 0 Å². The van der Waals surface area contributed by atoms with E-state index in [0.717, 1.165) is 0 Å². The number of hydrogen-bond acceptors (Lipinski definition) is 1. The third-order valence-electron chi connectivity index (χ3n) is 1.79. The molecule has 0 spiro atoms. The van der Waals surface area contributed by atoms with E-state index in [1.807, 2.05) is 6.92 Å². The summed E-state index contributed by atoms with van der Waals surface area (Å²) in [5, 5.41) is 8.54. The average Bonchev–Trinajstić information content (AvgIpc) is 2.09. The van der Waals surface area contributed by atoms with Gasteiger partial charge in [0.2, 0.25) is 0 Å². The van der Waals surface area contributed by atoms with E-state index < -0.39 is 4.33 Å². The molecule has 0 radical (unpaired) electrons. The molecular formula is C5H8Cl2O. The van der Waals surface area contributed by atoms with Crippen molar-refractivity contribution >= 4 is 23.2 Å². The molecule has 0 aliphatic heterocycles. The van der Waals surface area contributed by atoms with E-state index in [4.69, 9.17) is 28.3 Å². The molecule has 1 aliphatic rings. The van der Waals surface area contributed by atoms with Crippen LogP contribution in [-0.4, -0.2) is 16.0 Å². The molecule has 1 nitrogen and oxygen atoms in total. The highest BCUT2D eigenvalue weighted by Crippen LogP contribution is 2.58. The number of aliphatic hydroxyl groups excluding tert-OH is 1. The quantitative estimate of drug-likeness (QED) is 0.567. The minimum absolute atomic E-state index is 0.103. The van der Waals surface area contributed by atoms with Crippen LogP contribution in [0.3, 0.4) is 0 Å². The van der Waals surface area contributed by atoms with Crippen LogP contribution in [0.25, 0.3) is 0 Å². The van der Waals surface area contributed by atoms with Gasteiger partial charge in [-0.05, 0) is 5.92 Å². The van der Waals surface area contributed by atoms with Gasteiger partial charge in [-0.25, -0.2) is 0 Å². The maximum atomic E-state index is 8.54. The molecule has 0 aromatic carbocycles. The first-order valence-electron chi connectivity index (χ1n) is 2.59. The lowest BCUT2D eigenvalue weighted by molar-refractivity contribution is 0.269. The summed E-state index contributed by atoms with van der Waals surface area (Å²) < 4.78 is -0.630. The highest BCUT2D eigenvalue weighted by Gasteiger charge is 2.59. The van der Waals surface area contributed by atoms with Crippen molar-refractivity contribution in [3.05, 3.63) is 0 Å². The maximum absolute atomic E-state index is 8.54. The molecule has 1 N–H and O–H groups in total. The van der Waals surface area contributed by atoms with E-state index in [0.29, 0.717) is 0 Å². The smallest absolute Gasteiger partial charge is 0.126 e. The van der Waals surface area contributed by atoms with Crippen molar-refractivity contribution in [3.63, 3.8) is 0 Å². The Hall–Kier alpha value is 0.540. The fraction of sp³-hybridized carbons (Fsp3) is 1.00. The number of aliphatic hydroxyl groups is 1. The van der Waals surface area contributed by atoms with Crippen molar-refractivity contribution in [1.29, 1.82) is 0 Å². The van der Waals surface area contributed by atoms with Crippen molar-refractivity contribution in [2.24, 2.45) is 11.8 Å². The van der Waals surface area contributed by atoms with E-state index in [2.05, 4.69) is 0 Å². The van der Waals surface area contributed by atoms with Gasteiger partial charge in [-0.15, -0.1) is 23.2 Å². The van der Waals surface area contributed by atoms with Crippen LogP contribution < -0.4 is 0 Å². The molecule has 3 heteroatoms. The molecule has 0 saturated heterocycles. The SMILES string of the molecule is CC1C(CO)C1(Cl)Cl. The Morgan fingerprint density at radius 3 is 2.00 bits per heavy atom. The molecule has 0 aromatic heterocycles. The van der Waals surface area contributed by atoms with Crippen LogP contribution in [0, 0.1) is 11.8 Å². The summed E-state index contributed by atoms with van der Waals surface area (Å²) in [4.78, 5) is 0. The zero-order valence-corrected chi connectivity index (χ0v) is 6.08. The molecule has 8 heavy (non-hydrogen) atoms. The maximum Gasteiger partial charge on any atom is 0.126 e. The second kappa shape index (κ2) is 1.76. The Bertz CT molecular complexity index is 103. The molecule has 48 valence electrons. The number of rotatable bonds is 1. The molecule has 0 aromatic rings. The van der Waals surface area contributed by atoms with Gasteiger partial charge >= 0.3 is 0 Å². The molecule has 1 saturated carbocycles. The lowest BCUT2D eigenvalue weighted by atomic mass is 10.4. The van der Waals surface area contributed by atoms with E-state index in [9.17, 15) is 0 Å². The molecule has 1 aliphatic carbocycles. The van der Waals surface area contributed by atoms with Crippen molar-refractivity contribution in [2.75, 3.05) is 6.61 Å². The van der Waals surface area contributed by atoms with E-state index >= 15 is 0 Å². The van der Waals surface area contributed by atoms with Gasteiger partial charge in [0.05, 0.1) is 0 Å². The minimum Gasteiger partial charge on any atom is -0.396 e. The van der Waals surface area contributed by atoms with Gasteiger partial charge in [0.1, 0.15) is 4.33 Å². The monoisotopic (exact) mass is 154 g/mol.